The Bertz CT molecular complexity index is 871. The third-order valence-corrected chi connectivity index (χ3v) is 3.70. The highest BCUT2D eigenvalue weighted by atomic mass is 16.5. The summed E-state index contributed by atoms with van der Waals surface area (Å²) in [6.07, 6.45) is 3.37. The van der Waals surface area contributed by atoms with Crippen molar-refractivity contribution >= 4 is 11.6 Å². The lowest BCUT2D eigenvalue weighted by atomic mass is 9.98. The van der Waals surface area contributed by atoms with Gasteiger partial charge in [0.15, 0.2) is 0 Å². The van der Waals surface area contributed by atoms with E-state index in [9.17, 15) is 9.59 Å². The summed E-state index contributed by atoms with van der Waals surface area (Å²) in [4.78, 5) is 28.9. The van der Waals surface area contributed by atoms with Crippen LogP contribution in [0.15, 0.2) is 73.1 Å². The van der Waals surface area contributed by atoms with Crippen molar-refractivity contribution in [1.82, 2.24) is 4.98 Å². The fourth-order valence-electron chi connectivity index (χ4n) is 2.39. The summed E-state index contributed by atoms with van der Waals surface area (Å²) in [7, 11) is 1.55. The number of methoxy groups -OCH3 is 1. The van der Waals surface area contributed by atoms with Crippen molar-refractivity contribution in [3.8, 4) is 16.9 Å². The van der Waals surface area contributed by atoms with Crippen molar-refractivity contribution in [3.63, 3.8) is 0 Å². The average molecular weight is 317 g/mol. The fraction of sp³-hybridized carbons (Fsp3) is 0.0500. The standard InChI is InChI=1S/C20H15NO3/c1-24-18-7-5-15(6-8-18)19(22)20(23)17-4-2-3-16(13-17)14-9-11-21-12-10-14/h2-13H,1H3. The van der Waals surface area contributed by atoms with Crippen LogP contribution in [0.4, 0.5) is 0 Å². The van der Waals surface area contributed by atoms with Crippen molar-refractivity contribution in [2.45, 2.75) is 0 Å². The molecule has 3 aromatic rings. The number of hydrogen-bond donors (Lipinski definition) is 0. The lowest BCUT2D eigenvalue weighted by molar-refractivity contribution is 0.0817. The zero-order valence-corrected chi connectivity index (χ0v) is 13.1. The predicted octanol–water partition coefficient (Wildman–Crippen LogP) is 3.82. The Kier molecular flexibility index (Phi) is 4.47. The molecule has 4 heteroatoms. The lowest BCUT2D eigenvalue weighted by Crippen LogP contribution is -2.14. The van der Waals surface area contributed by atoms with Gasteiger partial charge in [0.1, 0.15) is 5.75 Å². The number of ether oxygens (including phenoxy) is 1. The lowest BCUT2D eigenvalue weighted by Gasteiger charge is -2.05. The van der Waals surface area contributed by atoms with Gasteiger partial charge in [-0.05, 0) is 53.6 Å². The highest BCUT2D eigenvalue weighted by Gasteiger charge is 2.18. The number of hydrogen-bond acceptors (Lipinski definition) is 4. The summed E-state index contributed by atoms with van der Waals surface area (Å²) in [5.41, 5.74) is 2.52. The van der Waals surface area contributed by atoms with Crippen LogP contribution in [0.25, 0.3) is 11.1 Å². The van der Waals surface area contributed by atoms with Gasteiger partial charge < -0.3 is 4.74 Å². The molecule has 24 heavy (non-hydrogen) atoms. The highest BCUT2D eigenvalue weighted by molar-refractivity contribution is 6.49. The first-order valence-electron chi connectivity index (χ1n) is 7.42. The van der Waals surface area contributed by atoms with Crippen LogP contribution >= 0.6 is 0 Å². The second-order valence-corrected chi connectivity index (χ2v) is 5.20. The molecule has 0 aliphatic rings. The summed E-state index contributed by atoms with van der Waals surface area (Å²) in [6, 6.07) is 17.2. The first kappa shape index (κ1) is 15.6. The van der Waals surface area contributed by atoms with E-state index in [1.165, 1.54) is 0 Å². The molecule has 118 valence electrons. The number of ketones is 2. The van der Waals surface area contributed by atoms with Gasteiger partial charge in [0, 0.05) is 23.5 Å². The van der Waals surface area contributed by atoms with Gasteiger partial charge in [0.2, 0.25) is 11.6 Å². The molecule has 0 radical (unpaired) electrons. The van der Waals surface area contributed by atoms with Crippen molar-refractivity contribution in [2.24, 2.45) is 0 Å². The molecule has 3 rings (SSSR count). The van der Waals surface area contributed by atoms with Crippen molar-refractivity contribution in [3.05, 3.63) is 84.2 Å². The largest absolute Gasteiger partial charge is 0.497 e. The Morgan fingerprint density at radius 3 is 2.12 bits per heavy atom. The number of pyridine rings is 1. The van der Waals surface area contributed by atoms with Crippen molar-refractivity contribution < 1.29 is 14.3 Å². The first-order valence-corrected chi connectivity index (χ1v) is 7.42. The van der Waals surface area contributed by atoms with E-state index < -0.39 is 11.6 Å². The average Bonchev–Trinajstić information content (AvgIpc) is 2.67. The van der Waals surface area contributed by atoms with Gasteiger partial charge in [0.05, 0.1) is 7.11 Å². The van der Waals surface area contributed by atoms with Gasteiger partial charge in [0.25, 0.3) is 0 Å². The van der Waals surface area contributed by atoms with Crippen molar-refractivity contribution in [1.29, 1.82) is 0 Å². The molecule has 0 unspecified atom stereocenters. The molecule has 0 N–H and O–H groups in total. The Labute approximate surface area is 139 Å². The second kappa shape index (κ2) is 6.87. The number of nitrogens with zero attached hydrogens (tertiary/aromatic N) is 1. The Morgan fingerprint density at radius 1 is 0.792 bits per heavy atom. The van der Waals surface area contributed by atoms with Gasteiger partial charge in [-0.25, -0.2) is 0 Å². The minimum absolute atomic E-state index is 0.343. The molecule has 0 aliphatic carbocycles. The highest BCUT2D eigenvalue weighted by Crippen LogP contribution is 2.21. The number of Topliss-reactive ketones (excluding diaryl/α,β-unsaturated/α-hetero) is 2. The number of carbonyl (C=O) groups is 2. The van der Waals surface area contributed by atoms with Crippen LogP contribution < -0.4 is 4.74 Å². The second-order valence-electron chi connectivity index (χ2n) is 5.20. The normalized spacial score (nSPS) is 10.2. The third-order valence-electron chi connectivity index (χ3n) is 3.70. The zero-order chi connectivity index (χ0) is 16.9. The predicted molar refractivity (Wildman–Crippen MR) is 91.3 cm³/mol. The summed E-state index contributed by atoms with van der Waals surface area (Å²) in [5.74, 6) is -0.431. The number of carbonyl (C=O) groups excluding carboxylic acids is 2. The van der Waals surface area contributed by atoms with Crippen LogP contribution in [0.1, 0.15) is 20.7 Å². The molecular weight excluding hydrogens is 302 g/mol. The van der Waals surface area contributed by atoms with E-state index in [4.69, 9.17) is 4.74 Å². The van der Waals surface area contributed by atoms with Crippen LogP contribution in [0.5, 0.6) is 5.75 Å². The molecule has 0 aliphatic heterocycles. The van der Waals surface area contributed by atoms with Crippen LogP contribution in [0.3, 0.4) is 0 Å². The van der Waals surface area contributed by atoms with Gasteiger partial charge in [-0.1, -0.05) is 18.2 Å². The van der Waals surface area contributed by atoms with Crippen LogP contribution in [0.2, 0.25) is 0 Å². The van der Waals surface area contributed by atoms with E-state index in [1.807, 2.05) is 18.2 Å². The van der Waals surface area contributed by atoms with E-state index >= 15 is 0 Å². The molecule has 0 amide bonds. The Morgan fingerprint density at radius 2 is 1.46 bits per heavy atom. The van der Waals surface area contributed by atoms with Gasteiger partial charge >= 0.3 is 0 Å². The maximum absolute atomic E-state index is 12.5. The Balaban J connectivity index is 1.88. The van der Waals surface area contributed by atoms with Crippen LogP contribution in [-0.2, 0) is 0 Å². The van der Waals surface area contributed by atoms with Gasteiger partial charge in [-0.15, -0.1) is 0 Å². The SMILES string of the molecule is COc1ccc(C(=O)C(=O)c2cccc(-c3ccncc3)c2)cc1. The van der Waals surface area contributed by atoms with E-state index in [1.54, 1.807) is 62.0 Å². The molecule has 1 aromatic heterocycles. The molecule has 0 bridgehead atoms. The molecule has 0 saturated heterocycles. The maximum atomic E-state index is 12.5. The molecule has 2 aromatic carbocycles. The van der Waals surface area contributed by atoms with Crippen molar-refractivity contribution in [2.75, 3.05) is 7.11 Å². The molecule has 1 heterocycles. The molecule has 0 saturated carbocycles. The van der Waals surface area contributed by atoms with Crippen LogP contribution in [0, 0.1) is 0 Å². The number of aromatic nitrogens is 1. The Hall–Kier alpha value is -3.27. The molecular formula is C20H15NO3. The quantitative estimate of drug-likeness (QED) is 0.530. The van der Waals surface area contributed by atoms with Gasteiger partial charge in [-0.2, -0.15) is 0 Å². The number of benzene rings is 2. The molecule has 0 fully saturated rings. The monoisotopic (exact) mass is 317 g/mol. The summed E-state index contributed by atoms with van der Waals surface area (Å²) in [6.45, 7) is 0. The first-order chi connectivity index (χ1) is 11.7. The van der Waals surface area contributed by atoms with E-state index in [0.29, 0.717) is 16.9 Å². The van der Waals surface area contributed by atoms with E-state index in [0.717, 1.165) is 11.1 Å². The number of rotatable bonds is 5. The van der Waals surface area contributed by atoms with Gasteiger partial charge in [-0.3, -0.25) is 14.6 Å². The van der Waals surface area contributed by atoms with E-state index in [-0.39, 0.29) is 0 Å². The molecule has 4 nitrogen and oxygen atoms in total. The summed E-state index contributed by atoms with van der Waals surface area (Å²) < 4.78 is 5.06. The zero-order valence-electron chi connectivity index (χ0n) is 13.1. The van der Waals surface area contributed by atoms with E-state index in [2.05, 4.69) is 4.98 Å². The van der Waals surface area contributed by atoms with Crippen LogP contribution in [-0.4, -0.2) is 23.7 Å². The minimum atomic E-state index is -0.537. The smallest absolute Gasteiger partial charge is 0.233 e. The minimum Gasteiger partial charge on any atom is -0.497 e. The molecule has 0 spiro atoms. The topological polar surface area (TPSA) is 56.3 Å². The summed E-state index contributed by atoms with van der Waals surface area (Å²) >= 11 is 0. The fourth-order valence-corrected chi connectivity index (χ4v) is 2.39. The maximum Gasteiger partial charge on any atom is 0.233 e. The summed E-state index contributed by atoms with van der Waals surface area (Å²) in [5, 5.41) is 0. The third kappa shape index (κ3) is 3.22. The molecule has 0 atom stereocenters.